The Hall–Kier alpha value is -1.75. The second-order valence-corrected chi connectivity index (χ2v) is 6.22. The van der Waals surface area contributed by atoms with E-state index in [0.717, 1.165) is 43.8 Å². The number of anilines is 1. The van der Waals surface area contributed by atoms with E-state index in [1.54, 1.807) is 0 Å². The van der Waals surface area contributed by atoms with Gasteiger partial charge in [-0.25, -0.2) is 0 Å². The van der Waals surface area contributed by atoms with Crippen molar-refractivity contribution in [2.45, 2.75) is 19.3 Å². The van der Waals surface area contributed by atoms with Gasteiger partial charge in [0.15, 0.2) is 11.5 Å². The van der Waals surface area contributed by atoms with Crippen LogP contribution in [0.5, 0.6) is 11.5 Å². The first-order valence-electron chi connectivity index (χ1n) is 7.68. The van der Waals surface area contributed by atoms with E-state index >= 15 is 0 Å². The molecule has 4 rings (SSSR count). The minimum atomic E-state index is 0.147. The third kappa shape index (κ3) is 2.35. The summed E-state index contributed by atoms with van der Waals surface area (Å²) in [5.41, 5.74) is 1.06. The first-order chi connectivity index (χ1) is 10.3. The first kappa shape index (κ1) is 13.0. The molecule has 2 aliphatic heterocycles. The molecule has 1 aromatic rings. The summed E-state index contributed by atoms with van der Waals surface area (Å²) in [7, 11) is 0. The molecule has 0 radical (unpaired) electrons. The summed E-state index contributed by atoms with van der Waals surface area (Å²) in [5.74, 6) is 1.79. The lowest BCUT2D eigenvalue weighted by atomic mass is 9.92. The summed E-state index contributed by atoms with van der Waals surface area (Å²) in [6.07, 6.45) is 3.27. The second-order valence-electron chi connectivity index (χ2n) is 6.22. The van der Waals surface area contributed by atoms with Gasteiger partial charge in [0.1, 0.15) is 13.2 Å². The summed E-state index contributed by atoms with van der Waals surface area (Å²) in [5, 5.41) is 6.39. The van der Waals surface area contributed by atoms with Crippen molar-refractivity contribution in [2.24, 2.45) is 11.3 Å². The van der Waals surface area contributed by atoms with E-state index in [1.807, 2.05) is 18.2 Å². The fraction of sp³-hybridized carbons (Fsp3) is 0.562. The number of hydrogen-bond donors (Lipinski definition) is 2. The fourth-order valence-corrected chi connectivity index (χ4v) is 3.55. The predicted octanol–water partition coefficient (Wildman–Crippen LogP) is 1.79. The first-order valence-corrected chi connectivity index (χ1v) is 7.68. The normalized spacial score (nSPS) is 25.4. The van der Waals surface area contributed by atoms with Gasteiger partial charge in [0.05, 0.1) is 0 Å². The molecular weight excluding hydrogens is 268 g/mol. The lowest BCUT2D eigenvalue weighted by molar-refractivity contribution is -0.118. The van der Waals surface area contributed by atoms with Crippen LogP contribution in [-0.4, -0.2) is 32.2 Å². The SMILES string of the molecule is O=C(Nc1ccc2c(c1)OCCO2)C1CC12CCNCC2. The van der Waals surface area contributed by atoms with Crippen LogP contribution in [-0.2, 0) is 4.79 Å². The molecule has 1 saturated heterocycles. The van der Waals surface area contributed by atoms with Crippen molar-refractivity contribution < 1.29 is 14.3 Å². The van der Waals surface area contributed by atoms with Crippen molar-refractivity contribution >= 4 is 11.6 Å². The van der Waals surface area contributed by atoms with Crippen LogP contribution in [0.2, 0.25) is 0 Å². The maximum atomic E-state index is 12.4. The largest absolute Gasteiger partial charge is 0.486 e. The highest BCUT2D eigenvalue weighted by atomic mass is 16.6. The number of fused-ring (bicyclic) bond motifs is 1. The van der Waals surface area contributed by atoms with Crippen LogP contribution >= 0.6 is 0 Å². The number of rotatable bonds is 2. The van der Waals surface area contributed by atoms with Gasteiger partial charge in [-0.15, -0.1) is 0 Å². The molecule has 21 heavy (non-hydrogen) atoms. The number of amides is 1. The predicted molar refractivity (Wildman–Crippen MR) is 78.7 cm³/mol. The van der Waals surface area contributed by atoms with Gasteiger partial charge in [0.2, 0.25) is 5.91 Å². The summed E-state index contributed by atoms with van der Waals surface area (Å²) in [4.78, 5) is 12.4. The molecule has 0 aromatic heterocycles. The zero-order valence-corrected chi connectivity index (χ0v) is 12.0. The highest BCUT2D eigenvalue weighted by Crippen LogP contribution is 2.58. The number of carbonyl (C=O) groups excluding carboxylic acids is 1. The monoisotopic (exact) mass is 288 g/mol. The second kappa shape index (κ2) is 4.91. The Bertz CT molecular complexity index is 567. The number of carbonyl (C=O) groups is 1. The van der Waals surface area contributed by atoms with Gasteiger partial charge in [0.25, 0.3) is 0 Å². The van der Waals surface area contributed by atoms with Gasteiger partial charge in [0, 0.05) is 17.7 Å². The minimum absolute atomic E-state index is 0.147. The average molecular weight is 288 g/mol. The van der Waals surface area contributed by atoms with E-state index < -0.39 is 0 Å². The Morgan fingerprint density at radius 1 is 1.19 bits per heavy atom. The highest BCUT2D eigenvalue weighted by Gasteiger charge is 2.57. The molecule has 2 N–H and O–H groups in total. The zero-order valence-electron chi connectivity index (χ0n) is 12.0. The van der Waals surface area contributed by atoms with Crippen molar-refractivity contribution in [1.29, 1.82) is 0 Å². The topological polar surface area (TPSA) is 59.6 Å². The summed E-state index contributed by atoms with van der Waals surface area (Å²) >= 11 is 0. The lowest BCUT2D eigenvalue weighted by Gasteiger charge is -2.23. The van der Waals surface area contributed by atoms with E-state index in [9.17, 15) is 4.79 Å². The zero-order chi connectivity index (χ0) is 14.3. The number of piperidine rings is 1. The number of ether oxygens (including phenoxy) is 2. The average Bonchev–Trinajstić information content (AvgIpc) is 3.21. The van der Waals surface area contributed by atoms with E-state index in [2.05, 4.69) is 10.6 Å². The Labute approximate surface area is 124 Å². The summed E-state index contributed by atoms with van der Waals surface area (Å²) in [6, 6.07) is 5.59. The van der Waals surface area contributed by atoms with Crippen LogP contribution in [0, 0.1) is 11.3 Å². The number of nitrogens with one attached hydrogen (secondary N) is 2. The standard InChI is InChI=1S/C16H20N2O3/c19-15(12-10-16(12)3-5-17-6-4-16)18-11-1-2-13-14(9-11)21-8-7-20-13/h1-2,9,12,17H,3-8,10H2,(H,18,19). The molecule has 2 fully saturated rings. The molecule has 1 aromatic carbocycles. The maximum Gasteiger partial charge on any atom is 0.228 e. The van der Waals surface area contributed by atoms with Crippen molar-refractivity contribution in [2.75, 3.05) is 31.6 Å². The molecule has 5 nitrogen and oxygen atoms in total. The van der Waals surface area contributed by atoms with E-state index in [-0.39, 0.29) is 17.2 Å². The maximum absolute atomic E-state index is 12.4. The van der Waals surface area contributed by atoms with Crippen LogP contribution in [0.4, 0.5) is 5.69 Å². The van der Waals surface area contributed by atoms with Crippen molar-refractivity contribution in [3.63, 3.8) is 0 Å². The third-order valence-electron chi connectivity index (χ3n) is 4.92. The van der Waals surface area contributed by atoms with Crippen LogP contribution in [0.1, 0.15) is 19.3 Å². The number of hydrogen-bond acceptors (Lipinski definition) is 4. The van der Waals surface area contributed by atoms with Gasteiger partial charge in [-0.2, -0.15) is 0 Å². The van der Waals surface area contributed by atoms with Crippen LogP contribution < -0.4 is 20.1 Å². The van der Waals surface area contributed by atoms with E-state index in [1.165, 1.54) is 0 Å². The third-order valence-corrected chi connectivity index (χ3v) is 4.92. The van der Waals surface area contributed by atoms with Crippen molar-refractivity contribution in [3.8, 4) is 11.5 Å². The van der Waals surface area contributed by atoms with Crippen LogP contribution in [0.3, 0.4) is 0 Å². The van der Waals surface area contributed by atoms with Crippen LogP contribution in [0.15, 0.2) is 18.2 Å². The fourth-order valence-electron chi connectivity index (χ4n) is 3.55. The molecule has 1 aliphatic carbocycles. The summed E-state index contributed by atoms with van der Waals surface area (Å²) < 4.78 is 11.0. The van der Waals surface area contributed by atoms with Crippen molar-refractivity contribution in [1.82, 2.24) is 5.32 Å². The van der Waals surface area contributed by atoms with E-state index in [4.69, 9.17) is 9.47 Å². The Kier molecular flexibility index (Phi) is 3.03. The summed E-state index contributed by atoms with van der Waals surface area (Å²) in [6.45, 7) is 3.21. The molecule has 1 unspecified atom stereocenters. The Balaban J connectivity index is 1.43. The molecular formula is C16H20N2O3. The minimum Gasteiger partial charge on any atom is -0.486 e. The molecule has 1 atom stereocenters. The molecule has 1 spiro atoms. The molecule has 112 valence electrons. The van der Waals surface area contributed by atoms with E-state index in [0.29, 0.717) is 19.0 Å². The Morgan fingerprint density at radius 2 is 1.95 bits per heavy atom. The molecule has 5 heteroatoms. The molecule has 1 saturated carbocycles. The molecule has 3 aliphatic rings. The van der Waals surface area contributed by atoms with Gasteiger partial charge < -0.3 is 20.1 Å². The highest BCUT2D eigenvalue weighted by molar-refractivity contribution is 5.95. The smallest absolute Gasteiger partial charge is 0.228 e. The Morgan fingerprint density at radius 3 is 2.76 bits per heavy atom. The van der Waals surface area contributed by atoms with Gasteiger partial charge >= 0.3 is 0 Å². The number of benzene rings is 1. The quantitative estimate of drug-likeness (QED) is 0.871. The van der Waals surface area contributed by atoms with Gasteiger partial charge in [-0.1, -0.05) is 0 Å². The van der Waals surface area contributed by atoms with Gasteiger partial charge in [-0.05, 0) is 49.9 Å². The van der Waals surface area contributed by atoms with Crippen LogP contribution in [0.25, 0.3) is 0 Å². The molecule has 2 heterocycles. The lowest BCUT2D eigenvalue weighted by Crippen LogP contribution is -2.31. The molecule has 0 bridgehead atoms. The molecule has 1 amide bonds. The van der Waals surface area contributed by atoms with Crippen molar-refractivity contribution in [3.05, 3.63) is 18.2 Å². The van der Waals surface area contributed by atoms with Gasteiger partial charge in [-0.3, -0.25) is 4.79 Å².